The maximum Gasteiger partial charge on any atom is 0.416 e. The normalized spacial score (nSPS) is 11.5. The van der Waals surface area contributed by atoms with E-state index in [1.165, 1.54) is 12.1 Å². The van der Waals surface area contributed by atoms with Gasteiger partial charge in [-0.05, 0) is 0 Å². The van der Waals surface area contributed by atoms with Gasteiger partial charge in [-0.2, -0.15) is 21.6 Å². The summed E-state index contributed by atoms with van der Waals surface area (Å²) in [5.74, 6) is 0. The van der Waals surface area contributed by atoms with E-state index in [1.807, 2.05) is 0 Å². The fourth-order valence-electron chi connectivity index (χ4n) is 0.627. The molecule has 1 N–H and O–H groups in total. The maximum absolute atomic E-state index is 11.8. The minimum Gasteiger partial charge on any atom is -0.286 e. The zero-order valence-corrected chi connectivity index (χ0v) is 8.51. The van der Waals surface area contributed by atoms with Crippen LogP contribution in [0.15, 0.2) is 30.3 Å². The van der Waals surface area contributed by atoms with Crippen LogP contribution in [0.4, 0.5) is 13.2 Å². The summed E-state index contributed by atoms with van der Waals surface area (Å²) in [5, 5.41) is 0. The summed E-state index contributed by atoms with van der Waals surface area (Å²) in [5.41, 5.74) is -0.602. The molecular formula is C8H9F3O3S. The number of rotatable bonds is 0. The second-order valence-electron chi connectivity index (χ2n) is 2.60. The van der Waals surface area contributed by atoms with Gasteiger partial charge in [0.2, 0.25) is 0 Å². The van der Waals surface area contributed by atoms with Crippen LogP contribution in [-0.2, 0) is 16.3 Å². The van der Waals surface area contributed by atoms with E-state index in [-0.39, 0.29) is 0 Å². The third kappa shape index (κ3) is 9.23. The Kier molecular flexibility index (Phi) is 4.76. The van der Waals surface area contributed by atoms with Crippen molar-refractivity contribution in [1.29, 1.82) is 0 Å². The molecule has 86 valence electrons. The lowest BCUT2D eigenvalue weighted by Crippen LogP contribution is -2.03. The predicted octanol–water partition coefficient (Wildman–Crippen LogP) is 2.21. The number of halogens is 3. The molecule has 0 amide bonds. The van der Waals surface area contributed by atoms with Crippen molar-refractivity contribution in [3.8, 4) is 0 Å². The molecule has 15 heavy (non-hydrogen) atoms. The summed E-state index contributed by atoms with van der Waals surface area (Å²) in [6, 6.07) is 6.36. The lowest BCUT2D eigenvalue weighted by Gasteiger charge is -2.03. The van der Waals surface area contributed by atoms with E-state index in [9.17, 15) is 21.6 Å². The minimum atomic E-state index is -4.21. The Hall–Kier alpha value is -1.08. The van der Waals surface area contributed by atoms with Crippen molar-refractivity contribution >= 4 is 10.1 Å². The summed E-state index contributed by atoms with van der Waals surface area (Å²) < 4.78 is 61.2. The Balaban J connectivity index is 0.000000336. The van der Waals surface area contributed by atoms with E-state index in [4.69, 9.17) is 4.55 Å². The molecule has 0 aliphatic heterocycles. The van der Waals surface area contributed by atoms with Crippen molar-refractivity contribution in [2.24, 2.45) is 0 Å². The van der Waals surface area contributed by atoms with Gasteiger partial charge in [-0.15, -0.1) is 0 Å². The van der Waals surface area contributed by atoms with Gasteiger partial charge < -0.3 is 0 Å². The van der Waals surface area contributed by atoms with Gasteiger partial charge in [-0.3, -0.25) is 4.55 Å². The molecule has 0 saturated heterocycles. The topological polar surface area (TPSA) is 54.4 Å². The van der Waals surface area contributed by atoms with Crippen LogP contribution in [0.5, 0.6) is 0 Å². The first kappa shape index (κ1) is 13.9. The van der Waals surface area contributed by atoms with Gasteiger partial charge in [0.1, 0.15) is 0 Å². The lowest BCUT2D eigenvalue weighted by atomic mass is 10.2. The molecule has 3 nitrogen and oxygen atoms in total. The van der Waals surface area contributed by atoms with Gasteiger partial charge in [0, 0.05) is 0 Å². The van der Waals surface area contributed by atoms with Crippen LogP contribution in [-0.4, -0.2) is 19.2 Å². The quantitative estimate of drug-likeness (QED) is 0.709. The molecule has 0 aliphatic rings. The second kappa shape index (κ2) is 5.13. The van der Waals surface area contributed by atoms with Crippen molar-refractivity contribution in [3.63, 3.8) is 0 Å². The van der Waals surface area contributed by atoms with Crippen LogP contribution < -0.4 is 0 Å². The largest absolute Gasteiger partial charge is 0.416 e. The van der Waals surface area contributed by atoms with Crippen molar-refractivity contribution in [2.75, 3.05) is 6.26 Å². The van der Waals surface area contributed by atoms with Crippen molar-refractivity contribution in [1.82, 2.24) is 0 Å². The van der Waals surface area contributed by atoms with Gasteiger partial charge in [0.25, 0.3) is 10.1 Å². The summed E-state index contributed by atoms with van der Waals surface area (Å²) >= 11 is 0. The Morgan fingerprint density at radius 1 is 1.13 bits per heavy atom. The average Bonchev–Trinajstić information content (AvgIpc) is 2.01. The van der Waals surface area contributed by atoms with Gasteiger partial charge in [-0.25, -0.2) is 0 Å². The number of hydrogen-bond acceptors (Lipinski definition) is 2. The molecule has 0 atom stereocenters. The van der Waals surface area contributed by atoms with E-state index < -0.39 is 21.9 Å². The minimum absolute atomic E-state index is 0.602. The standard InChI is InChI=1S/C7H5F3.CH4O3S/c8-7(9,10)6-4-2-1-3-5-6;1-5(2,3)4/h1-5H;1H3,(H,2,3,4). The number of alkyl halides is 3. The fraction of sp³-hybridized carbons (Fsp3) is 0.250. The first-order valence-corrected chi connectivity index (χ1v) is 5.50. The lowest BCUT2D eigenvalue weighted by molar-refractivity contribution is -0.137. The van der Waals surface area contributed by atoms with Gasteiger partial charge >= 0.3 is 6.18 Å². The third-order valence-electron chi connectivity index (χ3n) is 1.10. The van der Waals surface area contributed by atoms with Crippen LogP contribution >= 0.6 is 0 Å². The molecule has 0 spiro atoms. The Labute approximate surface area is 85.3 Å². The molecule has 0 heterocycles. The van der Waals surface area contributed by atoms with Gasteiger partial charge in [-0.1, -0.05) is 30.3 Å². The fourth-order valence-corrected chi connectivity index (χ4v) is 0.627. The molecule has 1 aromatic carbocycles. The monoisotopic (exact) mass is 242 g/mol. The van der Waals surface area contributed by atoms with Crippen LogP contribution in [0.1, 0.15) is 5.56 Å². The van der Waals surface area contributed by atoms with E-state index in [0.717, 1.165) is 12.1 Å². The SMILES string of the molecule is CS(=O)(=O)O.FC(F)(F)c1ccccc1. The highest BCUT2D eigenvalue weighted by atomic mass is 32.2. The molecule has 0 bridgehead atoms. The summed E-state index contributed by atoms with van der Waals surface area (Å²) in [6.45, 7) is 0. The molecule has 0 aliphatic carbocycles. The smallest absolute Gasteiger partial charge is 0.286 e. The highest BCUT2D eigenvalue weighted by molar-refractivity contribution is 7.85. The molecule has 0 aromatic heterocycles. The van der Waals surface area contributed by atoms with Crippen LogP contribution in [0, 0.1) is 0 Å². The van der Waals surface area contributed by atoms with Crippen LogP contribution in [0.2, 0.25) is 0 Å². The predicted molar refractivity (Wildman–Crippen MR) is 48.9 cm³/mol. The van der Waals surface area contributed by atoms with Crippen molar-refractivity contribution in [2.45, 2.75) is 6.18 Å². The van der Waals surface area contributed by atoms with E-state index in [1.54, 1.807) is 6.07 Å². The van der Waals surface area contributed by atoms with E-state index >= 15 is 0 Å². The average molecular weight is 242 g/mol. The molecule has 0 unspecified atom stereocenters. The van der Waals surface area contributed by atoms with Gasteiger partial charge in [0.05, 0.1) is 11.8 Å². The molecule has 1 aromatic rings. The molecule has 0 radical (unpaired) electrons. The maximum atomic E-state index is 11.8. The second-order valence-corrected chi connectivity index (χ2v) is 4.06. The number of benzene rings is 1. The molecular weight excluding hydrogens is 233 g/mol. The first-order chi connectivity index (χ1) is 6.61. The van der Waals surface area contributed by atoms with Gasteiger partial charge in [0.15, 0.2) is 0 Å². The molecule has 0 saturated carbocycles. The summed E-state index contributed by atoms with van der Waals surface area (Å²) in [7, 11) is -3.67. The Morgan fingerprint density at radius 2 is 1.47 bits per heavy atom. The molecule has 1 rings (SSSR count). The first-order valence-electron chi connectivity index (χ1n) is 3.65. The highest BCUT2D eigenvalue weighted by Crippen LogP contribution is 2.28. The Bertz CT molecular complexity index is 375. The molecule has 0 fully saturated rings. The Morgan fingerprint density at radius 3 is 1.67 bits per heavy atom. The zero-order chi connectivity index (χ0) is 12.1. The van der Waals surface area contributed by atoms with Crippen molar-refractivity contribution < 1.29 is 26.1 Å². The van der Waals surface area contributed by atoms with Crippen molar-refractivity contribution in [3.05, 3.63) is 35.9 Å². The third-order valence-corrected chi connectivity index (χ3v) is 1.10. The summed E-state index contributed by atoms with van der Waals surface area (Å²) in [6.07, 6.45) is -3.49. The van der Waals surface area contributed by atoms with E-state index in [0.29, 0.717) is 6.26 Å². The highest BCUT2D eigenvalue weighted by Gasteiger charge is 2.29. The van der Waals surface area contributed by atoms with Crippen LogP contribution in [0.25, 0.3) is 0 Å². The number of hydrogen-bond donors (Lipinski definition) is 1. The van der Waals surface area contributed by atoms with Crippen LogP contribution in [0.3, 0.4) is 0 Å². The van der Waals surface area contributed by atoms with E-state index in [2.05, 4.69) is 0 Å². The molecule has 7 heteroatoms. The zero-order valence-electron chi connectivity index (χ0n) is 7.69. The summed E-state index contributed by atoms with van der Waals surface area (Å²) in [4.78, 5) is 0.